The summed E-state index contributed by atoms with van der Waals surface area (Å²) in [6, 6.07) is 8.74. The van der Waals surface area contributed by atoms with Crippen molar-refractivity contribution in [1.82, 2.24) is 9.80 Å². The molecule has 1 fully saturated rings. The highest BCUT2D eigenvalue weighted by Crippen LogP contribution is 2.25. The van der Waals surface area contributed by atoms with E-state index >= 15 is 0 Å². The fourth-order valence-electron chi connectivity index (χ4n) is 3.96. The molecule has 1 heterocycles. The predicted octanol–water partition coefficient (Wildman–Crippen LogP) is 7.99. The van der Waals surface area contributed by atoms with Crippen LogP contribution >= 0.6 is 0 Å². The molecule has 1 aromatic carbocycles. The van der Waals surface area contributed by atoms with E-state index in [1.807, 2.05) is 27.7 Å². The Kier molecular flexibility index (Phi) is 13.8. The highest BCUT2D eigenvalue weighted by atomic mass is 15.2. The molecule has 0 N–H and O–H groups in total. The number of piperazine rings is 1. The molecule has 1 aliphatic heterocycles. The van der Waals surface area contributed by atoms with Crippen molar-refractivity contribution in [2.45, 2.75) is 61.8 Å². The monoisotopic (exact) mass is 450 g/mol. The molecule has 33 heavy (non-hydrogen) atoms. The number of nitrogens with zero attached hydrogens (tertiary/aromatic N) is 2. The first-order valence-corrected chi connectivity index (χ1v) is 13.2. The third kappa shape index (κ3) is 9.76. The van der Waals surface area contributed by atoms with Crippen LogP contribution in [0.4, 0.5) is 0 Å². The summed E-state index contributed by atoms with van der Waals surface area (Å²) in [5.74, 6) is 2.06. The Balaban J connectivity index is 0.000000288. The fraction of sp³-hybridized carbons (Fsp3) is 0.548. The number of benzene rings is 1. The number of likely N-dealkylation sites (N-methyl/N-ethyl adjacent to an activating group) is 1. The highest BCUT2D eigenvalue weighted by molar-refractivity contribution is 5.75. The van der Waals surface area contributed by atoms with E-state index in [2.05, 4.69) is 105 Å². The Hall–Kier alpha value is -2.06. The van der Waals surface area contributed by atoms with E-state index in [4.69, 9.17) is 0 Å². The molecule has 1 saturated heterocycles. The van der Waals surface area contributed by atoms with Gasteiger partial charge in [-0.15, -0.1) is 0 Å². The molecule has 2 heteroatoms. The molecule has 2 aliphatic carbocycles. The number of rotatable bonds is 2. The SMILES string of the molecule is CC.CC.CC1C=CC(N2CCN(C)CC2)=CC1C.Cc1ccc(C2=CC(C)CC=C2)cc1. The van der Waals surface area contributed by atoms with Crippen molar-refractivity contribution in [3.8, 4) is 0 Å². The highest BCUT2D eigenvalue weighted by Gasteiger charge is 2.19. The van der Waals surface area contributed by atoms with Crippen molar-refractivity contribution < 1.29 is 0 Å². The van der Waals surface area contributed by atoms with Crippen LogP contribution in [0.5, 0.6) is 0 Å². The average Bonchev–Trinajstić information content (AvgIpc) is 2.85. The fourth-order valence-corrected chi connectivity index (χ4v) is 3.96. The lowest BCUT2D eigenvalue weighted by Gasteiger charge is -2.36. The maximum absolute atomic E-state index is 2.51. The van der Waals surface area contributed by atoms with E-state index < -0.39 is 0 Å². The zero-order chi connectivity index (χ0) is 24.8. The summed E-state index contributed by atoms with van der Waals surface area (Å²) < 4.78 is 0. The van der Waals surface area contributed by atoms with Crippen LogP contribution < -0.4 is 0 Å². The van der Waals surface area contributed by atoms with Gasteiger partial charge < -0.3 is 9.80 Å². The Labute approximate surface area is 205 Å². The van der Waals surface area contributed by atoms with E-state index in [1.165, 1.54) is 55.0 Å². The van der Waals surface area contributed by atoms with Gasteiger partial charge in [-0.1, -0.05) is 109 Å². The quantitative estimate of drug-likeness (QED) is 0.450. The molecule has 0 aromatic heterocycles. The summed E-state index contributed by atoms with van der Waals surface area (Å²) in [7, 11) is 2.20. The van der Waals surface area contributed by atoms with Gasteiger partial charge in [-0.05, 0) is 55.4 Å². The van der Waals surface area contributed by atoms with Gasteiger partial charge in [-0.3, -0.25) is 0 Å². The Morgan fingerprint density at radius 2 is 1.36 bits per heavy atom. The van der Waals surface area contributed by atoms with Gasteiger partial charge in [0.1, 0.15) is 0 Å². The number of aryl methyl sites for hydroxylation is 1. The molecule has 3 atom stereocenters. The second-order valence-electron chi connectivity index (χ2n) is 9.06. The van der Waals surface area contributed by atoms with Crippen LogP contribution in [0, 0.1) is 24.7 Å². The van der Waals surface area contributed by atoms with E-state index in [0.717, 1.165) is 0 Å². The lowest BCUT2D eigenvalue weighted by molar-refractivity contribution is 0.188. The Morgan fingerprint density at radius 1 is 0.758 bits per heavy atom. The minimum Gasteiger partial charge on any atom is -0.369 e. The van der Waals surface area contributed by atoms with E-state index in [9.17, 15) is 0 Å². The molecule has 0 spiro atoms. The van der Waals surface area contributed by atoms with E-state index in [0.29, 0.717) is 17.8 Å². The van der Waals surface area contributed by atoms with E-state index in [-0.39, 0.29) is 0 Å². The van der Waals surface area contributed by atoms with Gasteiger partial charge in [-0.25, -0.2) is 0 Å². The lowest BCUT2D eigenvalue weighted by atomic mass is 9.90. The normalized spacial score (nSPS) is 24.2. The van der Waals surface area contributed by atoms with Gasteiger partial charge in [0.25, 0.3) is 0 Å². The zero-order valence-corrected chi connectivity index (χ0v) is 22.9. The molecule has 1 aromatic rings. The summed E-state index contributed by atoms with van der Waals surface area (Å²) in [5.41, 5.74) is 5.46. The average molecular weight is 451 g/mol. The molecule has 184 valence electrons. The first kappa shape index (κ1) is 29.0. The largest absolute Gasteiger partial charge is 0.369 e. The standard InChI is InChI=1S/C14H16.C13H22N2.2C2H6/c1-11-6-8-13(9-7-11)14-5-3-4-12(2)10-14;1-11-4-5-13(10-12(11)2)15-8-6-14(3)7-9-15;2*1-2/h3,5-10,12H,4H2,1-2H3;4-5,10-12H,6-9H2,1-3H3;2*1-2H3. The molecule has 3 aliphatic rings. The van der Waals surface area contributed by atoms with Gasteiger partial charge in [-0.2, -0.15) is 0 Å². The lowest BCUT2D eigenvalue weighted by Crippen LogP contribution is -2.43. The van der Waals surface area contributed by atoms with Crippen LogP contribution in [-0.2, 0) is 0 Å². The predicted molar refractivity (Wildman–Crippen MR) is 149 cm³/mol. The van der Waals surface area contributed by atoms with Crippen molar-refractivity contribution in [2.24, 2.45) is 17.8 Å². The Bertz CT molecular complexity index is 774. The van der Waals surface area contributed by atoms with Crippen molar-refractivity contribution in [3.05, 3.63) is 77.5 Å². The van der Waals surface area contributed by atoms with Gasteiger partial charge in [0.15, 0.2) is 0 Å². The van der Waals surface area contributed by atoms with Crippen LogP contribution in [-0.4, -0.2) is 43.0 Å². The van der Waals surface area contributed by atoms with Gasteiger partial charge in [0.05, 0.1) is 0 Å². The molecule has 3 unspecified atom stereocenters. The second-order valence-corrected chi connectivity index (χ2v) is 9.06. The van der Waals surface area contributed by atoms with Crippen LogP contribution in [0.2, 0.25) is 0 Å². The van der Waals surface area contributed by atoms with Crippen LogP contribution in [0.15, 0.2) is 66.4 Å². The second kappa shape index (κ2) is 15.7. The van der Waals surface area contributed by atoms with Gasteiger partial charge in [0, 0.05) is 31.9 Å². The summed E-state index contributed by atoms with van der Waals surface area (Å²) >= 11 is 0. The third-order valence-electron chi connectivity index (χ3n) is 6.36. The first-order valence-electron chi connectivity index (χ1n) is 13.2. The number of hydrogen-bond acceptors (Lipinski definition) is 2. The maximum atomic E-state index is 2.51. The summed E-state index contributed by atoms with van der Waals surface area (Å²) in [4.78, 5) is 4.91. The molecule has 2 nitrogen and oxygen atoms in total. The number of allylic oxidation sites excluding steroid dienone is 7. The molecule has 4 rings (SSSR count). The van der Waals surface area contributed by atoms with Crippen LogP contribution in [0.25, 0.3) is 5.57 Å². The van der Waals surface area contributed by atoms with Crippen molar-refractivity contribution in [1.29, 1.82) is 0 Å². The molecule has 0 radical (unpaired) electrons. The zero-order valence-electron chi connectivity index (χ0n) is 22.9. The first-order chi connectivity index (χ1) is 15.9. The Morgan fingerprint density at radius 3 is 1.91 bits per heavy atom. The molecule has 0 bridgehead atoms. The topological polar surface area (TPSA) is 6.48 Å². The molecular formula is C31H50N2. The van der Waals surface area contributed by atoms with Crippen LogP contribution in [0.3, 0.4) is 0 Å². The van der Waals surface area contributed by atoms with Crippen molar-refractivity contribution in [2.75, 3.05) is 33.2 Å². The summed E-state index contributed by atoms with van der Waals surface area (Å²) in [6.45, 7) is 21.7. The maximum Gasteiger partial charge on any atom is 0.0326 e. The minimum atomic E-state index is 0.677. The van der Waals surface area contributed by atoms with Crippen LogP contribution in [0.1, 0.15) is 66.0 Å². The van der Waals surface area contributed by atoms with E-state index in [1.54, 1.807) is 0 Å². The molecule has 0 amide bonds. The number of hydrogen-bond donors (Lipinski definition) is 0. The minimum absolute atomic E-state index is 0.677. The summed E-state index contributed by atoms with van der Waals surface area (Å²) in [6.07, 6.45) is 15.1. The van der Waals surface area contributed by atoms with Gasteiger partial charge >= 0.3 is 0 Å². The smallest absolute Gasteiger partial charge is 0.0326 e. The van der Waals surface area contributed by atoms with Crippen molar-refractivity contribution >= 4 is 5.57 Å². The van der Waals surface area contributed by atoms with Gasteiger partial charge in [0.2, 0.25) is 0 Å². The molecule has 0 saturated carbocycles. The van der Waals surface area contributed by atoms with Crippen molar-refractivity contribution in [3.63, 3.8) is 0 Å². The summed E-state index contributed by atoms with van der Waals surface area (Å²) in [5, 5.41) is 0. The molecular weight excluding hydrogens is 400 g/mol. The third-order valence-corrected chi connectivity index (χ3v) is 6.36.